The second-order valence-electron chi connectivity index (χ2n) is 6.02. The van der Waals surface area contributed by atoms with Crippen LogP contribution in [-0.4, -0.2) is 16.9 Å². The molecule has 2 aromatic carbocycles. The SMILES string of the molecule is C=C1NC(=O)NC(c2cccc([N+](=O)[O-])c2)C1C(=O)OCc1ccccc1. The van der Waals surface area contributed by atoms with Gasteiger partial charge >= 0.3 is 12.0 Å². The fourth-order valence-electron chi connectivity index (χ4n) is 2.89. The van der Waals surface area contributed by atoms with Crippen molar-refractivity contribution in [3.63, 3.8) is 0 Å². The van der Waals surface area contributed by atoms with Crippen LogP contribution in [0.2, 0.25) is 0 Å². The molecule has 0 aromatic heterocycles. The van der Waals surface area contributed by atoms with Crippen molar-refractivity contribution in [2.75, 3.05) is 0 Å². The Morgan fingerprint density at radius 1 is 1.19 bits per heavy atom. The van der Waals surface area contributed by atoms with Gasteiger partial charge in [0, 0.05) is 17.8 Å². The topological polar surface area (TPSA) is 111 Å². The predicted molar refractivity (Wildman–Crippen MR) is 96.4 cm³/mol. The maximum absolute atomic E-state index is 12.7. The molecule has 0 radical (unpaired) electrons. The Morgan fingerprint density at radius 3 is 2.63 bits per heavy atom. The highest BCUT2D eigenvalue weighted by molar-refractivity contribution is 5.85. The van der Waals surface area contributed by atoms with Crippen LogP contribution in [0, 0.1) is 16.0 Å². The first-order valence-corrected chi connectivity index (χ1v) is 8.17. The normalized spacial score (nSPS) is 19.0. The lowest BCUT2D eigenvalue weighted by atomic mass is 9.89. The van der Waals surface area contributed by atoms with Gasteiger partial charge in [-0.2, -0.15) is 0 Å². The van der Waals surface area contributed by atoms with Gasteiger partial charge in [0.05, 0.1) is 11.0 Å². The van der Waals surface area contributed by atoms with Crippen molar-refractivity contribution in [2.24, 2.45) is 5.92 Å². The molecule has 1 aliphatic rings. The Morgan fingerprint density at radius 2 is 1.93 bits per heavy atom. The van der Waals surface area contributed by atoms with Gasteiger partial charge in [0.2, 0.25) is 0 Å². The molecule has 0 bridgehead atoms. The van der Waals surface area contributed by atoms with Crippen LogP contribution < -0.4 is 10.6 Å². The highest BCUT2D eigenvalue weighted by Crippen LogP contribution is 2.32. The highest BCUT2D eigenvalue weighted by atomic mass is 16.6. The number of esters is 1. The van der Waals surface area contributed by atoms with Crippen LogP contribution >= 0.6 is 0 Å². The number of rotatable bonds is 5. The molecule has 27 heavy (non-hydrogen) atoms. The fraction of sp³-hybridized carbons (Fsp3) is 0.158. The number of carbonyl (C=O) groups excluding carboxylic acids is 2. The standard InChI is InChI=1S/C19H17N3O5/c1-12-16(18(23)27-11-13-6-3-2-4-7-13)17(21-19(24)20-12)14-8-5-9-15(10-14)22(25)26/h2-10,16-17H,1,11H2,(H2,20,21,24). The molecular weight excluding hydrogens is 350 g/mol. The van der Waals surface area contributed by atoms with Crippen LogP contribution in [0.4, 0.5) is 10.5 Å². The Kier molecular flexibility index (Phi) is 5.16. The molecule has 8 nitrogen and oxygen atoms in total. The Hall–Kier alpha value is -3.68. The highest BCUT2D eigenvalue weighted by Gasteiger charge is 2.39. The van der Waals surface area contributed by atoms with Crippen molar-refractivity contribution in [1.82, 2.24) is 10.6 Å². The lowest BCUT2D eigenvalue weighted by Crippen LogP contribution is -2.51. The third-order valence-electron chi connectivity index (χ3n) is 4.19. The monoisotopic (exact) mass is 367 g/mol. The van der Waals surface area contributed by atoms with Crippen LogP contribution in [0.5, 0.6) is 0 Å². The van der Waals surface area contributed by atoms with Gasteiger partial charge in [0.15, 0.2) is 0 Å². The minimum Gasteiger partial charge on any atom is -0.460 e. The summed E-state index contributed by atoms with van der Waals surface area (Å²) in [5.74, 6) is -1.51. The van der Waals surface area contributed by atoms with E-state index in [1.807, 2.05) is 30.3 Å². The quantitative estimate of drug-likeness (QED) is 0.480. The van der Waals surface area contributed by atoms with Gasteiger partial charge in [0.25, 0.3) is 5.69 Å². The smallest absolute Gasteiger partial charge is 0.319 e. The Labute approximate surface area is 155 Å². The molecule has 1 fully saturated rings. The summed E-state index contributed by atoms with van der Waals surface area (Å²) in [5.41, 5.74) is 1.27. The maximum Gasteiger partial charge on any atom is 0.319 e. The molecule has 0 aliphatic carbocycles. The van der Waals surface area contributed by atoms with Gasteiger partial charge in [-0.15, -0.1) is 0 Å². The van der Waals surface area contributed by atoms with E-state index in [0.29, 0.717) is 5.56 Å². The van der Waals surface area contributed by atoms with Gasteiger partial charge in [-0.1, -0.05) is 49.0 Å². The van der Waals surface area contributed by atoms with Crippen molar-refractivity contribution < 1.29 is 19.2 Å². The molecule has 0 spiro atoms. The number of nitro groups is 1. The molecule has 2 N–H and O–H groups in total. The lowest BCUT2D eigenvalue weighted by molar-refractivity contribution is -0.384. The average molecular weight is 367 g/mol. The van der Waals surface area contributed by atoms with Gasteiger partial charge in [0.1, 0.15) is 12.5 Å². The van der Waals surface area contributed by atoms with Crippen molar-refractivity contribution in [3.05, 3.63) is 88.1 Å². The van der Waals surface area contributed by atoms with E-state index in [1.165, 1.54) is 18.2 Å². The number of benzene rings is 2. The number of ether oxygens (including phenoxy) is 1. The first kappa shape index (κ1) is 18.1. The zero-order valence-electron chi connectivity index (χ0n) is 14.3. The Bertz CT molecular complexity index is 897. The third-order valence-corrected chi connectivity index (χ3v) is 4.19. The molecule has 2 unspecified atom stereocenters. The summed E-state index contributed by atoms with van der Waals surface area (Å²) in [6.45, 7) is 3.82. The van der Waals surface area contributed by atoms with E-state index < -0.39 is 28.9 Å². The first-order valence-electron chi connectivity index (χ1n) is 8.17. The van der Waals surface area contributed by atoms with Crippen molar-refractivity contribution in [3.8, 4) is 0 Å². The van der Waals surface area contributed by atoms with Crippen LogP contribution in [-0.2, 0) is 16.1 Å². The number of carbonyl (C=O) groups is 2. The van der Waals surface area contributed by atoms with Crippen LogP contribution in [0.15, 0.2) is 66.9 Å². The van der Waals surface area contributed by atoms with Crippen molar-refractivity contribution in [1.29, 1.82) is 0 Å². The largest absolute Gasteiger partial charge is 0.460 e. The molecule has 1 aliphatic heterocycles. The number of nitrogens with zero attached hydrogens (tertiary/aromatic N) is 1. The van der Waals surface area contributed by atoms with Crippen molar-refractivity contribution >= 4 is 17.7 Å². The summed E-state index contributed by atoms with van der Waals surface area (Å²) < 4.78 is 5.38. The van der Waals surface area contributed by atoms with E-state index in [9.17, 15) is 19.7 Å². The summed E-state index contributed by atoms with van der Waals surface area (Å²) >= 11 is 0. The van der Waals surface area contributed by atoms with Gasteiger partial charge in [-0.05, 0) is 11.1 Å². The van der Waals surface area contributed by atoms with Crippen LogP contribution in [0.25, 0.3) is 0 Å². The van der Waals surface area contributed by atoms with Gasteiger partial charge < -0.3 is 15.4 Å². The van der Waals surface area contributed by atoms with E-state index in [0.717, 1.165) is 5.56 Å². The number of amides is 2. The Balaban J connectivity index is 1.84. The zero-order valence-corrected chi connectivity index (χ0v) is 14.3. The number of nitro benzene ring substituents is 1. The van der Waals surface area contributed by atoms with E-state index >= 15 is 0 Å². The second-order valence-corrected chi connectivity index (χ2v) is 6.02. The molecule has 8 heteroatoms. The van der Waals surface area contributed by atoms with E-state index in [1.54, 1.807) is 6.07 Å². The summed E-state index contributed by atoms with van der Waals surface area (Å²) in [6, 6.07) is 13.6. The molecular formula is C19H17N3O5. The van der Waals surface area contributed by atoms with Gasteiger partial charge in [-0.3, -0.25) is 14.9 Å². The average Bonchev–Trinajstić information content (AvgIpc) is 2.66. The van der Waals surface area contributed by atoms with Gasteiger partial charge in [-0.25, -0.2) is 4.79 Å². The van der Waals surface area contributed by atoms with Crippen molar-refractivity contribution in [2.45, 2.75) is 12.6 Å². The molecule has 1 saturated heterocycles. The number of hydrogen-bond donors (Lipinski definition) is 2. The molecule has 3 rings (SSSR count). The van der Waals surface area contributed by atoms with E-state index in [-0.39, 0.29) is 18.0 Å². The number of non-ortho nitro benzene ring substituents is 1. The van der Waals surface area contributed by atoms with E-state index in [4.69, 9.17) is 4.74 Å². The molecule has 2 aromatic rings. The molecule has 2 atom stereocenters. The van der Waals surface area contributed by atoms with Crippen LogP contribution in [0.3, 0.4) is 0 Å². The molecule has 0 saturated carbocycles. The summed E-state index contributed by atoms with van der Waals surface area (Å²) in [5, 5.41) is 16.1. The summed E-state index contributed by atoms with van der Waals surface area (Å²) in [4.78, 5) is 35.0. The first-order chi connectivity index (χ1) is 13.0. The number of hydrogen-bond acceptors (Lipinski definition) is 5. The second kappa shape index (κ2) is 7.69. The lowest BCUT2D eigenvalue weighted by Gasteiger charge is -2.33. The minimum atomic E-state index is -0.923. The number of urea groups is 1. The molecule has 2 amide bonds. The predicted octanol–water partition coefficient (Wildman–Crippen LogP) is 2.82. The number of nitrogens with one attached hydrogen (secondary N) is 2. The summed E-state index contributed by atoms with van der Waals surface area (Å²) in [7, 11) is 0. The maximum atomic E-state index is 12.7. The summed E-state index contributed by atoms with van der Waals surface area (Å²) in [6.07, 6.45) is 0. The van der Waals surface area contributed by atoms with E-state index in [2.05, 4.69) is 17.2 Å². The fourth-order valence-corrected chi connectivity index (χ4v) is 2.89. The van der Waals surface area contributed by atoms with Crippen LogP contribution in [0.1, 0.15) is 17.2 Å². The third kappa shape index (κ3) is 4.12. The molecule has 1 heterocycles. The zero-order chi connectivity index (χ0) is 19.4. The minimum absolute atomic E-state index is 0.0685. The molecule has 138 valence electrons.